The standard InChI is InChI=1S/C22H23ClFN3O3.C2H2/c1-27-20(28)22(26-21(27)25)12-15(4-3-9-29-2)30-19-8-6-13(10-16(19)22)14-5-7-18(24)17(23)11-14;1-2/h5-8,10-11,15H,3-4,9,12H2,1-2H3,(H2,25,26);1-2H/t15-,22+;/m1./s1. The lowest BCUT2D eigenvalue weighted by Gasteiger charge is -2.37. The van der Waals surface area contributed by atoms with E-state index in [4.69, 9.17) is 26.8 Å². The molecule has 0 aromatic heterocycles. The van der Waals surface area contributed by atoms with Crippen molar-refractivity contribution in [3.05, 3.63) is 52.8 Å². The van der Waals surface area contributed by atoms with Gasteiger partial charge in [0.15, 0.2) is 11.5 Å². The normalized spacial score (nSPS) is 21.4. The number of likely N-dealkylation sites (N-methyl/N-ethyl adjacent to an activating group) is 1. The minimum atomic E-state index is -1.13. The lowest BCUT2D eigenvalue weighted by atomic mass is 9.80. The van der Waals surface area contributed by atoms with Crippen LogP contribution in [0.15, 0.2) is 41.4 Å². The average molecular weight is 458 g/mol. The molecule has 2 N–H and O–H groups in total. The number of halogens is 2. The lowest BCUT2D eigenvalue weighted by molar-refractivity contribution is -0.132. The number of fused-ring (bicyclic) bond motifs is 2. The molecule has 0 radical (unpaired) electrons. The third-order valence-electron chi connectivity index (χ3n) is 5.68. The third-order valence-corrected chi connectivity index (χ3v) is 5.97. The number of nitrogens with two attached hydrogens (primary N) is 1. The van der Waals surface area contributed by atoms with Crippen LogP contribution in [0, 0.1) is 18.7 Å². The van der Waals surface area contributed by atoms with E-state index in [2.05, 4.69) is 17.8 Å². The first-order chi connectivity index (χ1) is 15.4. The molecule has 168 valence electrons. The van der Waals surface area contributed by atoms with Gasteiger partial charge in [0.05, 0.1) is 5.02 Å². The predicted octanol–water partition coefficient (Wildman–Crippen LogP) is 3.96. The first-order valence-corrected chi connectivity index (χ1v) is 10.5. The van der Waals surface area contributed by atoms with Crippen molar-refractivity contribution in [3.8, 4) is 29.7 Å². The van der Waals surface area contributed by atoms with E-state index in [0.717, 1.165) is 24.0 Å². The number of benzene rings is 2. The molecule has 2 aliphatic rings. The van der Waals surface area contributed by atoms with Crippen LogP contribution in [0.5, 0.6) is 5.75 Å². The minimum absolute atomic E-state index is 0.0355. The highest BCUT2D eigenvalue weighted by molar-refractivity contribution is 6.31. The summed E-state index contributed by atoms with van der Waals surface area (Å²) in [6, 6.07) is 10.1. The Bertz CT molecular complexity index is 1070. The molecule has 8 heteroatoms. The minimum Gasteiger partial charge on any atom is -0.490 e. The number of terminal acetylenes is 1. The number of nitrogens with zero attached hydrogens (tertiary/aromatic N) is 2. The molecule has 2 aromatic carbocycles. The summed E-state index contributed by atoms with van der Waals surface area (Å²) >= 11 is 5.96. The highest BCUT2D eigenvalue weighted by Crippen LogP contribution is 2.47. The van der Waals surface area contributed by atoms with Gasteiger partial charge in [0.25, 0.3) is 5.91 Å². The topological polar surface area (TPSA) is 77.2 Å². The second kappa shape index (κ2) is 9.60. The van der Waals surface area contributed by atoms with E-state index < -0.39 is 11.4 Å². The first kappa shape index (κ1) is 23.6. The number of methoxy groups -OCH3 is 1. The first-order valence-electron chi connectivity index (χ1n) is 10.1. The molecule has 0 unspecified atom stereocenters. The van der Waals surface area contributed by atoms with Crippen molar-refractivity contribution in [2.75, 3.05) is 20.8 Å². The number of hydrogen-bond donors (Lipinski definition) is 1. The second-order valence-electron chi connectivity index (χ2n) is 7.61. The maximum absolute atomic E-state index is 13.6. The van der Waals surface area contributed by atoms with Crippen molar-refractivity contribution in [2.45, 2.75) is 30.9 Å². The van der Waals surface area contributed by atoms with Crippen molar-refractivity contribution >= 4 is 23.5 Å². The third kappa shape index (κ3) is 4.16. The fourth-order valence-electron chi connectivity index (χ4n) is 4.10. The van der Waals surface area contributed by atoms with Gasteiger partial charge in [-0.15, -0.1) is 12.8 Å². The van der Waals surface area contributed by atoms with Crippen LogP contribution in [0.2, 0.25) is 5.02 Å². The highest BCUT2D eigenvalue weighted by Gasteiger charge is 2.53. The van der Waals surface area contributed by atoms with Crippen molar-refractivity contribution in [1.82, 2.24) is 4.90 Å². The fraction of sp³-hybridized carbons (Fsp3) is 0.333. The Kier molecular flexibility index (Phi) is 7.07. The van der Waals surface area contributed by atoms with E-state index in [1.54, 1.807) is 26.3 Å². The number of carbonyl (C=O) groups excluding carboxylic acids is 1. The largest absolute Gasteiger partial charge is 0.490 e. The summed E-state index contributed by atoms with van der Waals surface area (Å²) in [7, 11) is 3.27. The molecule has 0 fully saturated rings. The van der Waals surface area contributed by atoms with Gasteiger partial charge in [-0.05, 0) is 48.2 Å². The monoisotopic (exact) mass is 457 g/mol. The van der Waals surface area contributed by atoms with Crippen LogP contribution in [-0.4, -0.2) is 43.6 Å². The smallest absolute Gasteiger partial charge is 0.261 e. The van der Waals surface area contributed by atoms with Crippen LogP contribution >= 0.6 is 11.6 Å². The predicted molar refractivity (Wildman–Crippen MR) is 123 cm³/mol. The number of guanidine groups is 1. The number of carbonyl (C=O) groups is 1. The molecule has 2 aromatic rings. The highest BCUT2D eigenvalue weighted by atomic mass is 35.5. The quantitative estimate of drug-likeness (QED) is 0.544. The molecule has 0 saturated heterocycles. The van der Waals surface area contributed by atoms with Gasteiger partial charge in [0, 0.05) is 32.7 Å². The van der Waals surface area contributed by atoms with E-state index in [-0.39, 0.29) is 23.0 Å². The summed E-state index contributed by atoms with van der Waals surface area (Å²) in [6.45, 7) is 0.614. The summed E-state index contributed by atoms with van der Waals surface area (Å²) in [6.07, 6.45) is 9.74. The van der Waals surface area contributed by atoms with E-state index >= 15 is 0 Å². The zero-order valence-corrected chi connectivity index (χ0v) is 18.7. The van der Waals surface area contributed by atoms with Gasteiger partial charge < -0.3 is 15.2 Å². The van der Waals surface area contributed by atoms with E-state index in [9.17, 15) is 9.18 Å². The molecule has 2 atom stereocenters. The Balaban J connectivity index is 0.00000141. The number of aliphatic imine (C=N–C) groups is 1. The molecule has 1 spiro atoms. The average Bonchev–Trinajstić information content (AvgIpc) is 3.01. The molecule has 0 saturated carbocycles. The molecule has 2 heterocycles. The van der Waals surface area contributed by atoms with Crippen molar-refractivity contribution in [1.29, 1.82) is 0 Å². The molecule has 0 bridgehead atoms. The van der Waals surface area contributed by atoms with Gasteiger partial charge in [0.2, 0.25) is 0 Å². The Morgan fingerprint density at radius 1 is 1.31 bits per heavy atom. The number of ether oxygens (including phenoxy) is 2. The zero-order valence-electron chi connectivity index (χ0n) is 18.0. The van der Waals surface area contributed by atoms with Crippen molar-refractivity contribution in [3.63, 3.8) is 0 Å². The zero-order chi connectivity index (χ0) is 23.5. The van der Waals surface area contributed by atoms with Gasteiger partial charge >= 0.3 is 0 Å². The van der Waals surface area contributed by atoms with Crippen LogP contribution in [0.4, 0.5) is 4.39 Å². The molecule has 2 aliphatic heterocycles. The second-order valence-corrected chi connectivity index (χ2v) is 8.02. The molecular formula is C24H25ClFN3O3. The summed E-state index contributed by atoms with van der Waals surface area (Å²) in [4.78, 5) is 19.2. The van der Waals surface area contributed by atoms with Gasteiger partial charge in [-0.25, -0.2) is 9.38 Å². The number of hydrogen-bond acceptors (Lipinski definition) is 5. The Hall–Kier alpha value is -3.08. The molecule has 32 heavy (non-hydrogen) atoms. The summed E-state index contributed by atoms with van der Waals surface area (Å²) in [5.41, 5.74) is 7.06. The summed E-state index contributed by atoms with van der Waals surface area (Å²) < 4.78 is 24.9. The summed E-state index contributed by atoms with van der Waals surface area (Å²) in [5.74, 6) is 0.108. The van der Waals surface area contributed by atoms with E-state index in [1.807, 2.05) is 18.2 Å². The van der Waals surface area contributed by atoms with Gasteiger partial charge in [0.1, 0.15) is 17.7 Å². The van der Waals surface area contributed by atoms with Gasteiger partial charge in [-0.3, -0.25) is 9.69 Å². The SMILES string of the molecule is C#C.COCCC[C@@H]1C[C@]2(N=C(N)N(C)C2=O)c2cc(-c3ccc(F)c(Cl)c3)ccc2O1. The fourth-order valence-corrected chi connectivity index (χ4v) is 4.28. The lowest BCUT2D eigenvalue weighted by Crippen LogP contribution is -2.45. The molecule has 1 amide bonds. The van der Waals surface area contributed by atoms with Crippen LogP contribution in [-0.2, 0) is 15.1 Å². The molecule has 0 aliphatic carbocycles. The van der Waals surface area contributed by atoms with Crippen LogP contribution < -0.4 is 10.5 Å². The maximum atomic E-state index is 13.6. The van der Waals surface area contributed by atoms with Crippen LogP contribution in [0.1, 0.15) is 24.8 Å². The Morgan fingerprint density at radius 3 is 2.62 bits per heavy atom. The molecular weight excluding hydrogens is 433 g/mol. The van der Waals surface area contributed by atoms with Crippen LogP contribution in [0.3, 0.4) is 0 Å². The molecule has 4 rings (SSSR count). The Morgan fingerprint density at radius 2 is 2.00 bits per heavy atom. The van der Waals surface area contributed by atoms with Gasteiger partial charge in [-0.1, -0.05) is 23.7 Å². The van der Waals surface area contributed by atoms with Crippen LogP contribution in [0.25, 0.3) is 11.1 Å². The maximum Gasteiger partial charge on any atom is 0.261 e. The van der Waals surface area contributed by atoms with Crippen molar-refractivity contribution in [2.24, 2.45) is 10.7 Å². The number of amides is 1. The van der Waals surface area contributed by atoms with Crippen molar-refractivity contribution < 1.29 is 18.7 Å². The Labute approximate surface area is 192 Å². The number of rotatable bonds is 5. The van der Waals surface area contributed by atoms with E-state index in [0.29, 0.717) is 24.3 Å². The molecule has 6 nitrogen and oxygen atoms in total. The van der Waals surface area contributed by atoms with Gasteiger partial charge in [-0.2, -0.15) is 0 Å². The van der Waals surface area contributed by atoms with E-state index in [1.165, 1.54) is 11.0 Å². The summed E-state index contributed by atoms with van der Waals surface area (Å²) in [5, 5.41) is 0.0355.